The Bertz CT molecular complexity index is 560. The minimum Gasteiger partial charge on any atom is -0.350 e. The lowest BCUT2D eigenvalue weighted by molar-refractivity contribution is -0.125. The fraction of sp³-hybridized carbons (Fsp3) is 0.385. The largest absolute Gasteiger partial charge is 0.350 e. The summed E-state index contributed by atoms with van der Waals surface area (Å²) in [6.07, 6.45) is 0. The van der Waals surface area contributed by atoms with Crippen molar-refractivity contribution >= 4 is 34.6 Å². The van der Waals surface area contributed by atoms with Gasteiger partial charge in [-0.15, -0.1) is 11.3 Å². The molecule has 0 unspecified atom stereocenters. The lowest BCUT2D eigenvalue weighted by Gasteiger charge is -2.30. The monoisotopic (exact) mass is 295 g/mol. The van der Waals surface area contributed by atoms with E-state index in [1.165, 1.54) is 4.88 Å². The van der Waals surface area contributed by atoms with E-state index in [-0.39, 0.29) is 11.9 Å². The molecule has 19 heavy (non-hydrogen) atoms. The van der Waals surface area contributed by atoms with Gasteiger partial charge in [-0.25, -0.2) is 0 Å². The van der Waals surface area contributed by atoms with Crippen LogP contribution in [0.3, 0.4) is 0 Å². The minimum atomic E-state index is -0.164. The van der Waals surface area contributed by atoms with Gasteiger partial charge in [-0.3, -0.25) is 4.79 Å². The first-order valence-corrected chi connectivity index (χ1v) is 7.19. The first kappa shape index (κ1) is 14.0. The molecular weight excluding hydrogens is 278 g/mol. The van der Waals surface area contributed by atoms with Gasteiger partial charge in [0, 0.05) is 29.5 Å². The van der Waals surface area contributed by atoms with Crippen molar-refractivity contribution in [2.75, 3.05) is 14.1 Å². The molecule has 0 saturated heterocycles. The number of rotatable bonds is 2. The maximum atomic E-state index is 12.4. The second kappa shape index (κ2) is 5.30. The maximum absolute atomic E-state index is 12.4. The SMILES string of the molecule is CC1=C(C(=O)N(C)C)[C@@H](c2ccc(C)s2)NC(=S)N1. The average Bonchev–Trinajstić information content (AvgIpc) is 2.74. The van der Waals surface area contributed by atoms with E-state index in [9.17, 15) is 4.79 Å². The summed E-state index contributed by atoms with van der Waals surface area (Å²) in [6, 6.07) is 3.93. The van der Waals surface area contributed by atoms with Crippen molar-refractivity contribution in [1.82, 2.24) is 15.5 Å². The Hall–Kier alpha value is -1.40. The van der Waals surface area contributed by atoms with Gasteiger partial charge in [0.2, 0.25) is 0 Å². The predicted octanol–water partition coefficient (Wildman–Crippen LogP) is 1.94. The third-order valence-corrected chi connectivity index (χ3v) is 4.24. The van der Waals surface area contributed by atoms with E-state index in [0.29, 0.717) is 5.11 Å². The van der Waals surface area contributed by atoms with Gasteiger partial charge < -0.3 is 15.5 Å². The number of carbonyl (C=O) groups is 1. The zero-order valence-electron chi connectivity index (χ0n) is 11.4. The maximum Gasteiger partial charge on any atom is 0.253 e. The number of hydrogen-bond acceptors (Lipinski definition) is 3. The van der Waals surface area contributed by atoms with Crippen molar-refractivity contribution in [3.63, 3.8) is 0 Å². The number of allylic oxidation sites excluding steroid dienone is 1. The molecule has 1 aromatic rings. The molecule has 6 heteroatoms. The summed E-state index contributed by atoms with van der Waals surface area (Å²) in [4.78, 5) is 16.3. The molecule has 2 rings (SSSR count). The Morgan fingerprint density at radius 3 is 2.58 bits per heavy atom. The quantitative estimate of drug-likeness (QED) is 0.819. The lowest BCUT2D eigenvalue weighted by atomic mass is 10.0. The fourth-order valence-electron chi connectivity index (χ4n) is 2.04. The second-order valence-electron chi connectivity index (χ2n) is 4.72. The number of carbonyl (C=O) groups excluding carboxylic acids is 1. The lowest BCUT2D eigenvalue weighted by Crippen LogP contribution is -2.46. The van der Waals surface area contributed by atoms with Crippen LogP contribution in [-0.2, 0) is 4.79 Å². The molecule has 0 radical (unpaired) electrons. The molecule has 0 aromatic carbocycles. The third-order valence-electron chi connectivity index (χ3n) is 2.95. The van der Waals surface area contributed by atoms with E-state index in [4.69, 9.17) is 12.2 Å². The van der Waals surface area contributed by atoms with Crippen LogP contribution in [0.4, 0.5) is 0 Å². The third kappa shape index (κ3) is 2.79. The van der Waals surface area contributed by atoms with E-state index in [1.54, 1.807) is 30.3 Å². The number of nitrogens with zero attached hydrogens (tertiary/aromatic N) is 1. The van der Waals surface area contributed by atoms with E-state index < -0.39 is 0 Å². The van der Waals surface area contributed by atoms with Crippen LogP contribution < -0.4 is 10.6 Å². The molecule has 1 aromatic heterocycles. The van der Waals surface area contributed by atoms with Gasteiger partial charge in [0.05, 0.1) is 11.6 Å². The Balaban J connectivity index is 2.46. The van der Waals surface area contributed by atoms with Crippen molar-refractivity contribution in [1.29, 1.82) is 0 Å². The topological polar surface area (TPSA) is 44.4 Å². The summed E-state index contributed by atoms with van der Waals surface area (Å²) in [5.41, 5.74) is 1.54. The standard InChI is InChI=1S/C13H17N3OS2/c1-7-5-6-9(19-7)11-10(12(17)16(3)4)8(2)14-13(18)15-11/h5-6,11H,1-4H3,(H2,14,15,18)/t11-/m1/s1. The Morgan fingerprint density at radius 1 is 1.37 bits per heavy atom. The van der Waals surface area contributed by atoms with E-state index in [1.807, 2.05) is 13.0 Å². The van der Waals surface area contributed by atoms with Crippen LogP contribution in [0.1, 0.15) is 22.7 Å². The molecule has 1 atom stereocenters. The number of thiocarbonyl (C=S) groups is 1. The predicted molar refractivity (Wildman–Crippen MR) is 82.1 cm³/mol. The molecular formula is C13H17N3OS2. The number of likely N-dealkylation sites (N-methyl/N-ethyl adjacent to an activating group) is 1. The van der Waals surface area contributed by atoms with Gasteiger partial charge in [0.1, 0.15) is 0 Å². The molecule has 4 nitrogen and oxygen atoms in total. The minimum absolute atomic E-state index is 0.00365. The first-order valence-electron chi connectivity index (χ1n) is 5.96. The molecule has 0 spiro atoms. The van der Waals surface area contributed by atoms with Crippen LogP contribution >= 0.6 is 23.6 Å². The summed E-state index contributed by atoms with van der Waals surface area (Å²) >= 11 is 6.87. The molecule has 0 saturated carbocycles. The number of thiophene rings is 1. The van der Waals surface area contributed by atoms with Gasteiger partial charge in [0.25, 0.3) is 5.91 Å². The molecule has 0 aliphatic carbocycles. The highest BCUT2D eigenvalue weighted by Crippen LogP contribution is 2.32. The van der Waals surface area contributed by atoms with Crippen LogP contribution in [0.25, 0.3) is 0 Å². The summed E-state index contributed by atoms with van der Waals surface area (Å²) in [6.45, 7) is 3.94. The molecule has 1 amide bonds. The van der Waals surface area contributed by atoms with Gasteiger partial charge >= 0.3 is 0 Å². The smallest absolute Gasteiger partial charge is 0.253 e. The van der Waals surface area contributed by atoms with Crippen LogP contribution in [-0.4, -0.2) is 30.0 Å². The van der Waals surface area contributed by atoms with Gasteiger partial charge in [-0.1, -0.05) is 0 Å². The van der Waals surface area contributed by atoms with E-state index >= 15 is 0 Å². The first-order chi connectivity index (χ1) is 8.90. The number of nitrogens with one attached hydrogen (secondary N) is 2. The number of hydrogen-bond donors (Lipinski definition) is 2. The molecule has 102 valence electrons. The molecule has 1 aliphatic heterocycles. The average molecular weight is 295 g/mol. The van der Waals surface area contributed by atoms with Crippen molar-refractivity contribution in [2.45, 2.75) is 19.9 Å². The molecule has 0 bridgehead atoms. The van der Waals surface area contributed by atoms with Gasteiger partial charge in [-0.05, 0) is 38.2 Å². The van der Waals surface area contributed by atoms with Crippen molar-refractivity contribution in [3.05, 3.63) is 33.2 Å². The van der Waals surface area contributed by atoms with Gasteiger partial charge in [-0.2, -0.15) is 0 Å². The summed E-state index contributed by atoms with van der Waals surface area (Å²) in [5, 5.41) is 6.78. The van der Waals surface area contributed by atoms with E-state index in [0.717, 1.165) is 16.1 Å². The number of aryl methyl sites for hydroxylation is 1. The Kier molecular flexibility index (Phi) is 3.91. The van der Waals surface area contributed by atoms with Crippen LogP contribution in [0, 0.1) is 6.92 Å². The van der Waals surface area contributed by atoms with Gasteiger partial charge in [0.15, 0.2) is 5.11 Å². The second-order valence-corrected chi connectivity index (χ2v) is 6.45. The molecule has 1 aliphatic rings. The Morgan fingerprint density at radius 2 is 2.05 bits per heavy atom. The van der Waals surface area contributed by atoms with Crippen molar-refractivity contribution < 1.29 is 4.79 Å². The van der Waals surface area contributed by atoms with E-state index in [2.05, 4.69) is 23.6 Å². The zero-order valence-corrected chi connectivity index (χ0v) is 13.0. The van der Waals surface area contributed by atoms with Crippen LogP contribution in [0.15, 0.2) is 23.4 Å². The highest BCUT2D eigenvalue weighted by atomic mass is 32.1. The molecule has 2 N–H and O–H groups in total. The van der Waals surface area contributed by atoms with Crippen molar-refractivity contribution in [2.24, 2.45) is 0 Å². The molecule has 2 heterocycles. The van der Waals surface area contributed by atoms with Crippen LogP contribution in [0.2, 0.25) is 0 Å². The Labute approximate surface area is 122 Å². The normalized spacial score (nSPS) is 18.9. The summed E-state index contributed by atoms with van der Waals surface area (Å²) < 4.78 is 0. The highest BCUT2D eigenvalue weighted by molar-refractivity contribution is 7.80. The zero-order chi connectivity index (χ0) is 14.2. The van der Waals surface area contributed by atoms with Crippen LogP contribution in [0.5, 0.6) is 0 Å². The summed E-state index contributed by atoms with van der Waals surface area (Å²) in [5.74, 6) is -0.00365. The number of amides is 1. The highest BCUT2D eigenvalue weighted by Gasteiger charge is 2.31. The summed E-state index contributed by atoms with van der Waals surface area (Å²) in [7, 11) is 3.51. The fourth-order valence-corrected chi connectivity index (χ4v) is 3.25. The molecule has 0 fully saturated rings. The van der Waals surface area contributed by atoms with Crippen molar-refractivity contribution in [3.8, 4) is 0 Å².